The van der Waals surface area contributed by atoms with Gasteiger partial charge in [0.05, 0.1) is 12.3 Å². The highest BCUT2D eigenvalue weighted by Crippen LogP contribution is 2.31. The van der Waals surface area contributed by atoms with Gasteiger partial charge >= 0.3 is 0 Å². The molecular formula is C34H48ClN5O4S. The molecule has 246 valence electrons. The van der Waals surface area contributed by atoms with E-state index in [1.165, 1.54) is 31.1 Å². The number of nitrogens with zero attached hydrogens (tertiary/aromatic N) is 3. The van der Waals surface area contributed by atoms with Crippen LogP contribution in [0, 0.1) is 5.92 Å². The number of carbonyl (C=O) groups excluding carboxylic acids is 2. The van der Waals surface area contributed by atoms with Gasteiger partial charge in [-0.15, -0.1) is 0 Å². The van der Waals surface area contributed by atoms with Gasteiger partial charge in [0.15, 0.2) is 0 Å². The van der Waals surface area contributed by atoms with Gasteiger partial charge in [-0.25, -0.2) is 12.7 Å². The minimum absolute atomic E-state index is 0.0882. The zero-order valence-electron chi connectivity index (χ0n) is 26.6. The van der Waals surface area contributed by atoms with Crippen LogP contribution in [-0.4, -0.2) is 98.0 Å². The summed E-state index contributed by atoms with van der Waals surface area (Å²) in [5, 5.41) is 7.07. The van der Waals surface area contributed by atoms with Gasteiger partial charge < -0.3 is 15.5 Å². The molecule has 2 fully saturated rings. The van der Waals surface area contributed by atoms with Crippen LogP contribution in [-0.2, 0) is 39.0 Å². The molecule has 2 aromatic rings. The van der Waals surface area contributed by atoms with Crippen molar-refractivity contribution < 1.29 is 18.0 Å². The lowest BCUT2D eigenvalue weighted by Crippen LogP contribution is -2.60. The number of sulfonamides is 1. The van der Waals surface area contributed by atoms with Crippen molar-refractivity contribution in [3.63, 3.8) is 0 Å². The summed E-state index contributed by atoms with van der Waals surface area (Å²) in [4.78, 5) is 31.9. The Hall–Kier alpha value is -2.50. The molecule has 0 spiro atoms. The minimum Gasteiger partial charge on any atom is -0.343 e. The van der Waals surface area contributed by atoms with Crippen LogP contribution >= 0.6 is 11.6 Å². The standard InChI is InChI=1S/C34H48ClN5O4S/c1-3-40(45(2,43)44)24-32(26-9-5-4-6-10-26)38-17-19-39(20-18-38)34(42)31(21-25-13-15-29(35)16-14-25)37-33(41)30-22-27-11-7-8-12-28(27)23-36-30/h7-8,11-16,26,30-32,36H,3-6,9-10,17-24H2,1-2H3,(H,37,41). The number of hydrogen-bond acceptors (Lipinski definition) is 6. The molecule has 3 aliphatic rings. The monoisotopic (exact) mass is 657 g/mol. The summed E-state index contributed by atoms with van der Waals surface area (Å²) in [5.74, 6) is 0.185. The number of halogens is 1. The fourth-order valence-corrected chi connectivity index (χ4v) is 8.27. The van der Waals surface area contributed by atoms with E-state index >= 15 is 0 Å². The highest BCUT2D eigenvalue weighted by Gasteiger charge is 2.36. The summed E-state index contributed by atoms with van der Waals surface area (Å²) < 4.78 is 26.6. The highest BCUT2D eigenvalue weighted by molar-refractivity contribution is 7.88. The average molecular weight is 658 g/mol. The number of fused-ring (bicyclic) bond motifs is 1. The first-order valence-electron chi connectivity index (χ1n) is 16.4. The molecule has 2 aliphatic heterocycles. The van der Waals surface area contributed by atoms with Crippen LogP contribution in [0.15, 0.2) is 48.5 Å². The lowest BCUT2D eigenvalue weighted by Gasteiger charge is -2.45. The molecule has 2 amide bonds. The summed E-state index contributed by atoms with van der Waals surface area (Å²) in [5.41, 5.74) is 3.27. The van der Waals surface area contributed by atoms with Crippen molar-refractivity contribution in [2.24, 2.45) is 5.92 Å². The molecular weight excluding hydrogens is 610 g/mol. The number of hydrogen-bond donors (Lipinski definition) is 2. The molecule has 1 aliphatic carbocycles. The van der Waals surface area contributed by atoms with E-state index in [2.05, 4.69) is 27.7 Å². The summed E-state index contributed by atoms with van der Waals surface area (Å²) in [6.07, 6.45) is 8.06. The van der Waals surface area contributed by atoms with E-state index in [9.17, 15) is 18.0 Å². The number of nitrogens with one attached hydrogen (secondary N) is 2. The Labute approximate surface area is 273 Å². The zero-order chi connectivity index (χ0) is 32.0. The third kappa shape index (κ3) is 8.86. The second-order valence-corrected chi connectivity index (χ2v) is 15.3. The lowest BCUT2D eigenvalue weighted by atomic mass is 9.83. The Morgan fingerprint density at radius 1 is 1.00 bits per heavy atom. The van der Waals surface area contributed by atoms with E-state index < -0.39 is 22.1 Å². The number of benzene rings is 2. The zero-order valence-corrected chi connectivity index (χ0v) is 28.2. The predicted molar refractivity (Wildman–Crippen MR) is 178 cm³/mol. The van der Waals surface area contributed by atoms with Crippen LogP contribution in [0.25, 0.3) is 0 Å². The minimum atomic E-state index is -3.30. The molecule has 2 heterocycles. The van der Waals surface area contributed by atoms with Gasteiger partial charge in [-0.05, 0) is 54.0 Å². The van der Waals surface area contributed by atoms with Gasteiger partial charge in [-0.3, -0.25) is 14.5 Å². The molecule has 45 heavy (non-hydrogen) atoms. The first kappa shape index (κ1) is 33.9. The van der Waals surface area contributed by atoms with Crippen molar-refractivity contribution >= 4 is 33.4 Å². The fourth-order valence-electron chi connectivity index (χ4n) is 7.25. The Morgan fingerprint density at radius 2 is 1.67 bits per heavy atom. The van der Waals surface area contributed by atoms with Gasteiger partial charge in [0, 0.05) is 63.3 Å². The fraction of sp³-hybridized carbons (Fsp3) is 0.588. The van der Waals surface area contributed by atoms with Crippen LogP contribution in [0.5, 0.6) is 0 Å². The second kappa shape index (κ2) is 15.4. The van der Waals surface area contributed by atoms with Gasteiger partial charge in [0.1, 0.15) is 6.04 Å². The Balaban J connectivity index is 1.27. The number of rotatable bonds is 11. The molecule has 9 nitrogen and oxygen atoms in total. The molecule has 0 bridgehead atoms. The molecule has 2 N–H and O–H groups in total. The highest BCUT2D eigenvalue weighted by atomic mass is 35.5. The number of amides is 2. The molecule has 0 aromatic heterocycles. The van der Waals surface area contributed by atoms with Gasteiger partial charge in [0.25, 0.3) is 0 Å². The van der Waals surface area contributed by atoms with E-state index in [1.807, 2.05) is 36.1 Å². The topological polar surface area (TPSA) is 102 Å². The second-order valence-electron chi connectivity index (χ2n) is 12.8. The normalized spacial score (nSPS) is 21.2. The summed E-state index contributed by atoms with van der Waals surface area (Å²) in [6, 6.07) is 14.5. The van der Waals surface area contributed by atoms with Crippen LogP contribution in [0.1, 0.15) is 55.7 Å². The number of carbonyl (C=O) groups is 2. The van der Waals surface area contributed by atoms with Crippen LogP contribution in [0.4, 0.5) is 0 Å². The van der Waals surface area contributed by atoms with E-state index in [4.69, 9.17) is 11.6 Å². The summed E-state index contributed by atoms with van der Waals surface area (Å²) in [6.45, 7) is 5.88. The molecule has 3 unspecified atom stereocenters. The Morgan fingerprint density at radius 3 is 2.31 bits per heavy atom. The van der Waals surface area contributed by atoms with Gasteiger partial charge in [-0.1, -0.05) is 74.2 Å². The SMILES string of the molecule is CCN(CC(C1CCCCC1)N1CCN(C(=O)C(Cc2ccc(Cl)cc2)NC(=O)C2Cc3ccccc3CN2)CC1)S(C)(=O)=O. The third-order valence-electron chi connectivity index (χ3n) is 9.87. The van der Waals surface area contributed by atoms with Crippen molar-refractivity contribution in [2.45, 2.75) is 76.5 Å². The van der Waals surface area contributed by atoms with Crippen molar-refractivity contribution in [3.05, 3.63) is 70.2 Å². The molecule has 2 aromatic carbocycles. The average Bonchev–Trinajstić information content (AvgIpc) is 3.05. The van der Waals surface area contributed by atoms with Crippen LogP contribution < -0.4 is 10.6 Å². The Kier molecular flexibility index (Phi) is 11.6. The van der Waals surface area contributed by atoms with Crippen LogP contribution in [0.2, 0.25) is 5.02 Å². The Bertz CT molecular complexity index is 1410. The summed E-state index contributed by atoms with van der Waals surface area (Å²) >= 11 is 6.13. The molecule has 3 atom stereocenters. The van der Waals surface area contributed by atoms with E-state index in [-0.39, 0.29) is 17.9 Å². The molecule has 1 saturated heterocycles. The lowest BCUT2D eigenvalue weighted by molar-refractivity contribution is -0.138. The molecule has 1 saturated carbocycles. The van der Waals surface area contributed by atoms with E-state index in [0.29, 0.717) is 69.6 Å². The molecule has 0 radical (unpaired) electrons. The van der Waals surface area contributed by atoms with Gasteiger partial charge in [-0.2, -0.15) is 0 Å². The number of likely N-dealkylation sites (N-methyl/N-ethyl adjacent to an activating group) is 1. The van der Waals surface area contributed by atoms with E-state index in [0.717, 1.165) is 24.0 Å². The first-order chi connectivity index (χ1) is 21.6. The van der Waals surface area contributed by atoms with Gasteiger partial charge in [0.2, 0.25) is 21.8 Å². The maximum atomic E-state index is 14.1. The number of piperazine rings is 1. The van der Waals surface area contributed by atoms with Crippen molar-refractivity contribution in [1.82, 2.24) is 24.7 Å². The van der Waals surface area contributed by atoms with Crippen molar-refractivity contribution in [1.29, 1.82) is 0 Å². The maximum absolute atomic E-state index is 14.1. The summed E-state index contributed by atoms with van der Waals surface area (Å²) in [7, 11) is -3.30. The first-order valence-corrected chi connectivity index (χ1v) is 18.7. The molecule has 5 rings (SSSR count). The quantitative estimate of drug-likeness (QED) is 0.384. The third-order valence-corrected chi connectivity index (χ3v) is 11.5. The van der Waals surface area contributed by atoms with E-state index in [1.54, 1.807) is 16.4 Å². The maximum Gasteiger partial charge on any atom is 0.245 e. The molecule has 11 heteroatoms. The van der Waals surface area contributed by atoms with Crippen molar-refractivity contribution in [2.75, 3.05) is 45.5 Å². The largest absolute Gasteiger partial charge is 0.343 e. The van der Waals surface area contributed by atoms with Crippen molar-refractivity contribution in [3.8, 4) is 0 Å². The van der Waals surface area contributed by atoms with Crippen LogP contribution in [0.3, 0.4) is 0 Å². The smallest absolute Gasteiger partial charge is 0.245 e. The predicted octanol–water partition coefficient (Wildman–Crippen LogP) is 3.46.